The van der Waals surface area contributed by atoms with E-state index in [1.54, 1.807) is 31.2 Å². The Morgan fingerprint density at radius 2 is 1.78 bits per heavy atom. The summed E-state index contributed by atoms with van der Waals surface area (Å²) in [5.74, 6) is -0.211. The van der Waals surface area contributed by atoms with Gasteiger partial charge >= 0.3 is 5.97 Å². The Labute approximate surface area is 261 Å². The minimum absolute atomic E-state index is 0.114. The van der Waals surface area contributed by atoms with Crippen molar-refractivity contribution in [3.8, 4) is 11.4 Å². The van der Waals surface area contributed by atoms with Crippen LogP contribution in [0.5, 0.6) is 0 Å². The SMILES string of the molecule is Cc1ccc(S(=O)(=O)n2cc(-c3nc(C)c(F)c(C[C@@H]4CCC[C@H](CC(=O)OCc5ccccc5)C4)n3)c3cncnc32)cc1. The maximum atomic E-state index is 15.5. The number of nitrogens with zero attached hydrogens (tertiary/aromatic N) is 5. The van der Waals surface area contributed by atoms with Gasteiger partial charge in [0, 0.05) is 29.8 Å². The molecular weight excluding hydrogens is 593 g/mol. The summed E-state index contributed by atoms with van der Waals surface area (Å²) in [5.41, 5.74) is 2.90. The van der Waals surface area contributed by atoms with Gasteiger partial charge in [-0.2, -0.15) is 0 Å². The topological polar surface area (TPSA) is 117 Å². The van der Waals surface area contributed by atoms with Crippen LogP contribution in [0.15, 0.2) is 78.2 Å². The van der Waals surface area contributed by atoms with Crippen molar-refractivity contribution in [3.63, 3.8) is 0 Å². The Morgan fingerprint density at radius 1 is 1.02 bits per heavy atom. The number of carbonyl (C=O) groups excluding carboxylic acids is 1. The molecule has 2 aromatic carbocycles. The summed E-state index contributed by atoms with van der Waals surface area (Å²) >= 11 is 0. The van der Waals surface area contributed by atoms with Gasteiger partial charge in [-0.15, -0.1) is 0 Å². The van der Waals surface area contributed by atoms with Crippen molar-refractivity contribution in [1.82, 2.24) is 23.9 Å². The van der Waals surface area contributed by atoms with Gasteiger partial charge in [-0.05, 0) is 62.6 Å². The Morgan fingerprint density at radius 3 is 2.56 bits per heavy atom. The minimum Gasteiger partial charge on any atom is -0.461 e. The van der Waals surface area contributed by atoms with Crippen LogP contribution >= 0.6 is 0 Å². The molecule has 0 saturated heterocycles. The van der Waals surface area contributed by atoms with Crippen molar-refractivity contribution in [2.45, 2.75) is 63.9 Å². The normalized spacial score (nSPS) is 17.0. The number of hydrogen-bond acceptors (Lipinski definition) is 8. The van der Waals surface area contributed by atoms with E-state index in [-0.39, 0.29) is 52.2 Å². The third-order valence-corrected chi connectivity index (χ3v) is 10.1. The molecule has 5 aromatic rings. The number of halogens is 1. The molecule has 45 heavy (non-hydrogen) atoms. The smallest absolute Gasteiger partial charge is 0.306 e. The molecule has 3 aromatic heterocycles. The second-order valence-corrected chi connectivity index (χ2v) is 13.6. The maximum Gasteiger partial charge on any atom is 0.306 e. The fraction of sp³-hybridized carbons (Fsp3) is 0.324. The molecule has 2 atom stereocenters. The number of benzene rings is 2. The van der Waals surface area contributed by atoms with E-state index >= 15 is 4.39 Å². The number of ether oxygens (including phenoxy) is 1. The van der Waals surface area contributed by atoms with Crippen LogP contribution in [-0.2, 0) is 32.6 Å². The quantitative estimate of drug-likeness (QED) is 0.173. The Bertz CT molecular complexity index is 1950. The van der Waals surface area contributed by atoms with E-state index in [2.05, 4.69) is 19.9 Å². The molecule has 1 aliphatic rings. The van der Waals surface area contributed by atoms with E-state index < -0.39 is 15.8 Å². The first-order valence-electron chi connectivity index (χ1n) is 15.0. The summed E-state index contributed by atoms with van der Waals surface area (Å²) < 4.78 is 49.4. The number of carbonyl (C=O) groups is 1. The number of aromatic nitrogens is 5. The van der Waals surface area contributed by atoms with E-state index in [0.29, 0.717) is 23.8 Å². The van der Waals surface area contributed by atoms with E-state index in [1.807, 2.05) is 37.3 Å². The zero-order valence-corrected chi connectivity index (χ0v) is 26.0. The van der Waals surface area contributed by atoms with Gasteiger partial charge in [0.2, 0.25) is 0 Å². The van der Waals surface area contributed by atoms with E-state index in [1.165, 1.54) is 18.7 Å². The van der Waals surface area contributed by atoms with Gasteiger partial charge in [0.05, 0.1) is 16.3 Å². The van der Waals surface area contributed by atoms with Crippen molar-refractivity contribution >= 4 is 27.0 Å². The molecule has 1 aliphatic carbocycles. The number of aryl methyl sites for hydroxylation is 2. The monoisotopic (exact) mass is 627 g/mol. The molecule has 0 radical (unpaired) electrons. The van der Waals surface area contributed by atoms with Crippen molar-refractivity contribution in [1.29, 1.82) is 0 Å². The average molecular weight is 628 g/mol. The summed E-state index contributed by atoms with van der Waals surface area (Å²) in [6, 6.07) is 16.1. The highest BCUT2D eigenvalue weighted by molar-refractivity contribution is 7.90. The molecule has 0 bridgehead atoms. The lowest BCUT2D eigenvalue weighted by Gasteiger charge is -2.28. The molecule has 0 spiro atoms. The average Bonchev–Trinajstić information content (AvgIpc) is 3.44. The van der Waals surface area contributed by atoms with Crippen molar-refractivity contribution in [2.75, 3.05) is 0 Å². The molecule has 0 unspecified atom stereocenters. The Kier molecular flexibility index (Phi) is 8.71. The highest BCUT2D eigenvalue weighted by Crippen LogP contribution is 2.35. The summed E-state index contributed by atoms with van der Waals surface area (Å²) in [5, 5.41) is 0.442. The lowest BCUT2D eigenvalue weighted by atomic mass is 9.78. The van der Waals surface area contributed by atoms with Crippen molar-refractivity contribution in [2.24, 2.45) is 11.8 Å². The zero-order chi connectivity index (χ0) is 31.6. The Balaban J connectivity index is 1.23. The second-order valence-electron chi connectivity index (χ2n) is 11.8. The van der Waals surface area contributed by atoms with Gasteiger partial charge in [-0.1, -0.05) is 60.9 Å². The standard InChI is InChI=1S/C34H34FN5O4S/c1-22-11-13-27(14-12-22)45(42,43)40-19-29(28-18-36-21-37-34(28)40)33-38-23(2)32(35)30(39-33)16-25-9-6-10-26(15-25)17-31(41)44-20-24-7-4-3-5-8-24/h3-5,7-8,11-14,18-19,21,25-26H,6,9-10,15-17,20H2,1-2H3/t25-,26+/m1/s1. The minimum atomic E-state index is -4.00. The van der Waals surface area contributed by atoms with Crippen molar-refractivity contribution < 1.29 is 22.3 Å². The highest BCUT2D eigenvalue weighted by atomic mass is 32.2. The molecule has 1 fully saturated rings. The largest absolute Gasteiger partial charge is 0.461 e. The van der Waals surface area contributed by atoms with Gasteiger partial charge in [0.25, 0.3) is 10.0 Å². The summed E-state index contributed by atoms with van der Waals surface area (Å²) in [6.07, 6.45) is 8.46. The fourth-order valence-electron chi connectivity index (χ4n) is 6.08. The first kappa shape index (κ1) is 30.5. The second kappa shape index (κ2) is 12.8. The number of esters is 1. The lowest BCUT2D eigenvalue weighted by Crippen LogP contribution is -2.22. The third-order valence-electron chi connectivity index (χ3n) is 8.41. The van der Waals surface area contributed by atoms with Crippen LogP contribution in [-0.4, -0.2) is 38.3 Å². The summed E-state index contributed by atoms with van der Waals surface area (Å²) in [4.78, 5) is 30.1. The first-order chi connectivity index (χ1) is 21.7. The molecule has 0 amide bonds. The van der Waals surface area contributed by atoms with Crippen molar-refractivity contribution in [3.05, 3.63) is 102 Å². The zero-order valence-electron chi connectivity index (χ0n) is 25.2. The van der Waals surface area contributed by atoms with Gasteiger partial charge in [-0.25, -0.2) is 36.7 Å². The van der Waals surface area contributed by atoms with Gasteiger partial charge < -0.3 is 4.74 Å². The third kappa shape index (κ3) is 6.63. The Hall–Kier alpha value is -4.51. The fourth-order valence-corrected chi connectivity index (χ4v) is 7.40. The summed E-state index contributed by atoms with van der Waals surface area (Å²) in [6.45, 7) is 3.71. The lowest BCUT2D eigenvalue weighted by molar-refractivity contribution is -0.146. The van der Waals surface area contributed by atoms with E-state index in [9.17, 15) is 13.2 Å². The highest BCUT2D eigenvalue weighted by Gasteiger charge is 2.28. The van der Waals surface area contributed by atoms with Crippen LogP contribution in [0, 0.1) is 31.5 Å². The number of rotatable bonds is 9. The molecule has 9 nitrogen and oxygen atoms in total. The van der Waals surface area contributed by atoms with Crippen LogP contribution in [0.2, 0.25) is 0 Å². The predicted molar refractivity (Wildman–Crippen MR) is 167 cm³/mol. The number of fused-ring (bicyclic) bond motifs is 1. The van der Waals surface area contributed by atoms with Crippen LogP contribution in [0.3, 0.4) is 0 Å². The molecular formula is C34H34FN5O4S. The molecule has 1 saturated carbocycles. The molecule has 232 valence electrons. The molecule has 0 N–H and O–H groups in total. The van der Waals surface area contributed by atoms with E-state index in [0.717, 1.165) is 40.8 Å². The summed E-state index contributed by atoms with van der Waals surface area (Å²) in [7, 11) is -4.00. The van der Waals surface area contributed by atoms with E-state index in [4.69, 9.17) is 4.74 Å². The molecule has 0 aliphatic heterocycles. The molecule has 3 heterocycles. The predicted octanol–water partition coefficient (Wildman–Crippen LogP) is 6.36. The van der Waals surface area contributed by atoms with Crippen LogP contribution in [0.1, 0.15) is 54.6 Å². The molecule has 11 heteroatoms. The van der Waals surface area contributed by atoms with Crippen LogP contribution in [0.4, 0.5) is 4.39 Å². The van der Waals surface area contributed by atoms with Gasteiger partial charge in [0.1, 0.15) is 12.9 Å². The first-order valence-corrected chi connectivity index (χ1v) is 16.5. The van der Waals surface area contributed by atoms with Gasteiger partial charge in [-0.3, -0.25) is 4.79 Å². The molecule has 6 rings (SSSR count). The maximum absolute atomic E-state index is 15.5. The van der Waals surface area contributed by atoms with Gasteiger partial charge in [0.15, 0.2) is 17.3 Å². The number of hydrogen-bond donors (Lipinski definition) is 0. The van der Waals surface area contributed by atoms with Crippen LogP contribution < -0.4 is 0 Å². The van der Waals surface area contributed by atoms with Crippen LogP contribution in [0.25, 0.3) is 22.4 Å².